The zero-order valence-corrected chi connectivity index (χ0v) is 52.5. The van der Waals surface area contributed by atoms with E-state index in [9.17, 15) is 13.7 Å². The Morgan fingerprint density at radius 1 is 0.295 bits per heavy atom. The van der Waals surface area contributed by atoms with E-state index in [-0.39, 0.29) is 51.6 Å². The highest BCUT2D eigenvalue weighted by Gasteiger charge is 2.46. The van der Waals surface area contributed by atoms with Crippen molar-refractivity contribution in [3.8, 4) is 89.0 Å². The van der Waals surface area contributed by atoms with Gasteiger partial charge in [-0.15, -0.1) is 0 Å². The summed E-state index contributed by atoms with van der Waals surface area (Å²) >= 11 is 0. The molecule has 2 aliphatic rings. The molecule has 0 radical (unpaired) electrons. The Labute approximate surface area is 571 Å². The quantitative estimate of drug-likeness (QED) is 0.0995. The van der Waals surface area contributed by atoms with E-state index in [4.69, 9.17) is 1.37 Å². The fourth-order valence-corrected chi connectivity index (χ4v) is 14.7. The second kappa shape index (κ2) is 22.5. The van der Waals surface area contributed by atoms with Crippen LogP contribution in [0.5, 0.6) is 0 Å². The third kappa shape index (κ3) is 9.40. The largest absolute Gasteiger partial charge is 0.310 e. The Balaban J connectivity index is 1.09. The smallest absolute Gasteiger partial charge is 0.252 e. The molecule has 0 amide bonds. The maximum Gasteiger partial charge on any atom is 0.252 e. The summed E-state index contributed by atoms with van der Waals surface area (Å²) < 4.78 is 113. The minimum absolute atomic E-state index is 0.0918. The van der Waals surface area contributed by atoms with E-state index >= 15 is 0 Å². The molecule has 0 bridgehead atoms. The van der Waals surface area contributed by atoms with Gasteiger partial charge in [0.05, 0.1) is 26.5 Å². The number of anilines is 6. The molecule has 0 saturated heterocycles. The lowest BCUT2D eigenvalue weighted by Gasteiger charge is -2.46. The predicted octanol–water partition coefficient (Wildman–Crippen LogP) is 23.3. The van der Waals surface area contributed by atoms with Crippen LogP contribution in [0.25, 0.3) is 121 Å². The van der Waals surface area contributed by atoms with Crippen LogP contribution >= 0.6 is 0 Å². The number of hydrogen-bond acceptors (Lipinski definition) is 2. The molecule has 3 heteroatoms. The molecular weight excluding hydrogens is 1140 g/mol. The topological polar surface area (TPSA) is 6.48 Å². The van der Waals surface area contributed by atoms with Crippen molar-refractivity contribution in [1.29, 1.82) is 0 Å². The highest BCUT2D eigenvalue weighted by atomic mass is 15.2. The molecule has 16 aromatic carbocycles. The van der Waals surface area contributed by atoms with Gasteiger partial charge in [0, 0.05) is 45.0 Å². The zero-order chi connectivity index (χ0) is 72.9. The van der Waals surface area contributed by atoms with E-state index < -0.39 is 66.0 Å². The molecule has 2 aliphatic heterocycles. The number of nitrogens with zero attached hydrogens (tertiary/aromatic N) is 2. The Hall–Kier alpha value is -11.8. The first-order chi connectivity index (χ1) is 51.4. The summed E-state index contributed by atoms with van der Waals surface area (Å²) in [5.41, 5.74) is 13.6. The second-order valence-electron chi connectivity index (χ2n) is 25.8. The molecule has 0 N–H and O–H groups in total. The molecule has 18 rings (SSSR count). The molecule has 2 heterocycles. The molecule has 0 atom stereocenters. The van der Waals surface area contributed by atoms with Gasteiger partial charge < -0.3 is 9.80 Å². The molecule has 2 nitrogen and oxygen atoms in total. The van der Waals surface area contributed by atoms with Gasteiger partial charge in [0.2, 0.25) is 0 Å². The third-order valence-electron chi connectivity index (χ3n) is 19.2. The van der Waals surface area contributed by atoms with Crippen LogP contribution < -0.4 is 26.2 Å². The minimum Gasteiger partial charge on any atom is -0.310 e. The molecule has 0 aliphatic carbocycles. The van der Waals surface area contributed by atoms with Gasteiger partial charge in [0.1, 0.15) is 0 Å². The zero-order valence-electron chi connectivity index (χ0n) is 63.5. The van der Waals surface area contributed by atoms with Crippen molar-refractivity contribution in [2.24, 2.45) is 0 Å². The van der Waals surface area contributed by atoms with Crippen molar-refractivity contribution in [3.63, 3.8) is 0 Å². The van der Waals surface area contributed by atoms with Crippen molar-refractivity contribution in [3.05, 3.63) is 345 Å². The Bertz CT molecular complexity index is 6130. The molecule has 0 spiro atoms. The van der Waals surface area contributed by atoms with Crippen LogP contribution in [0.4, 0.5) is 34.1 Å². The van der Waals surface area contributed by atoms with Crippen LogP contribution in [0.3, 0.4) is 0 Å². The fraction of sp³-hybridized carbons (Fsp3) is 0.0435. The minimum atomic E-state index is -1.32. The highest BCUT2D eigenvalue weighted by molar-refractivity contribution is 7.00. The summed E-state index contributed by atoms with van der Waals surface area (Å²) in [6.45, 7) is 5.12. The van der Waals surface area contributed by atoms with Crippen molar-refractivity contribution >= 4 is 89.5 Å². The molecule has 0 unspecified atom stereocenters. The van der Waals surface area contributed by atoms with Crippen molar-refractivity contribution in [1.82, 2.24) is 0 Å². The van der Waals surface area contributed by atoms with E-state index in [1.165, 1.54) is 0 Å². The second-order valence-corrected chi connectivity index (χ2v) is 25.8. The predicted molar refractivity (Wildman–Crippen MR) is 406 cm³/mol. The Kier molecular flexibility index (Phi) is 10.8. The summed E-state index contributed by atoms with van der Waals surface area (Å²) in [5.74, 6) is 0. The summed E-state index contributed by atoms with van der Waals surface area (Å²) in [7, 11) is 0. The van der Waals surface area contributed by atoms with E-state index in [1.54, 1.807) is 0 Å². The van der Waals surface area contributed by atoms with E-state index in [0.29, 0.717) is 33.8 Å². The lowest BCUT2D eigenvalue weighted by atomic mass is 9.33. The van der Waals surface area contributed by atoms with Gasteiger partial charge in [-0.25, -0.2) is 0 Å². The summed E-state index contributed by atoms with van der Waals surface area (Å²) in [6.07, 6.45) is 0. The van der Waals surface area contributed by atoms with Crippen LogP contribution in [0.15, 0.2) is 339 Å². The standard InChI is InChI=1S/C92H65BN2/c1-92(2,3)74-58-85-89-86(59-74)95(91-79(65-36-21-9-22-37-65)54-73(62-30-15-6-16-31-62)55-80(91)66-38-23-10-24-39-66)84-51-47-71(75-48-44-69-43-42-67-40-25-41-68-45-49-76(75)88(69)87(67)68)57-82(84)93(89)81-56-70(60-26-11-4-12-27-60)46-50-83(81)94(85)90-77(63-32-17-7-18-33-63)52-72(61-28-13-5-14-29-61)53-78(90)64-34-19-8-20-35-64/h4-59H,1-3H3/i4D,11D,12D,26D,27D,46D,47D,50D,51D,56D,57D. The van der Waals surface area contributed by atoms with Crippen LogP contribution in [0, 0.1) is 0 Å². The number of fused-ring (bicyclic) bond motifs is 4. The van der Waals surface area contributed by atoms with E-state index in [2.05, 4.69) is 165 Å². The van der Waals surface area contributed by atoms with Gasteiger partial charge in [-0.3, -0.25) is 0 Å². The molecule has 0 saturated carbocycles. The van der Waals surface area contributed by atoms with Gasteiger partial charge in [0.25, 0.3) is 6.71 Å². The maximum atomic E-state index is 11.6. The van der Waals surface area contributed by atoms with Crippen LogP contribution in [-0.4, -0.2) is 6.71 Å². The first-order valence-electron chi connectivity index (χ1n) is 37.9. The number of rotatable bonds is 10. The molecule has 0 aromatic heterocycles. The van der Waals surface area contributed by atoms with Gasteiger partial charge in [-0.1, -0.05) is 312 Å². The van der Waals surface area contributed by atoms with Crippen LogP contribution in [-0.2, 0) is 5.41 Å². The first kappa shape index (κ1) is 45.5. The summed E-state index contributed by atoms with van der Waals surface area (Å²) in [4.78, 5) is 4.16. The Morgan fingerprint density at radius 2 is 0.684 bits per heavy atom. The van der Waals surface area contributed by atoms with E-state index in [0.717, 1.165) is 105 Å². The van der Waals surface area contributed by atoms with Gasteiger partial charge in [-0.2, -0.15) is 0 Å². The average molecular weight is 1220 g/mol. The highest BCUT2D eigenvalue weighted by Crippen LogP contribution is 2.55. The molecule has 446 valence electrons. The third-order valence-corrected chi connectivity index (χ3v) is 19.2. The molecule has 95 heavy (non-hydrogen) atoms. The van der Waals surface area contributed by atoms with Gasteiger partial charge >= 0.3 is 0 Å². The lowest BCUT2D eigenvalue weighted by Crippen LogP contribution is -2.61. The summed E-state index contributed by atoms with van der Waals surface area (Å²) in [5, 5.41) is 5.74. The number of hydrogen-bond donors (Lipinski definition) is 0. The van der Waals surface area contributed by atoms with Gasteiger partial charge in [-0.05, 0) is 175 Å². The molecular formula is C92H65BN2. The number of benzene rings is 16. The fourth-order valence-electron chi connectivity index (χ4n) is 14.7. The average Bonchev–Trinajstić information content (AvgIpc) is 0.670. The molecule has 0 fully saturated rings. The normalized spacial score (nSPS) is 14.1. The molecule has 16 aromatic rings. The SMILES string of the molecule is [2H]c1c([2H])c([2H])c(-c2c([2H])c([2H])c3c(c2[2H])B2c4c(cc(C(C)(C)C)cc4N(c4c(-c5ccccc5)cc(-c5ccccc5)cc4-c4ccccc4)c4c([2H])c([2H])c(-c5ccc6ccc7cccc8ccc5c6c78)c([2H])c42)N3c2c(-c3ccccc3)cc(-c3ccccc3)cc2-c2ccccc2)c([2H])c1[2H]. The summed E-state index contributed by atoms with van der Waals surface area (Å²) in [6, 6.07) is 87.1. The van der Waals surface area contributed by atoms with Crippen molar-refractivity contribution < 1.29 is 15.1 Å². The van der Waals surface area contributed by atoms with Crippen LogP contribution in [0.1, 0.15) is 41.4 Å². The van der Waals surface area contributed by atoms with Crippen molar-refractivity contribution in [2.75, 3.05) is 9.80 Å². The van der Waals surface area contributed by atoms with Crippen LogP contribution in [0.2, 0.25) is 0 Å². The monoisotopic (exact) mass is 1220 g/mol. The maximum absolute atomic E-state index is 11.6. The van der Waals surface area contributed by atoms with E-state index in [1.807, 2.05) is 138 Å². The lowest BCUT2D eigenvalue weighted by molar-refractivity contribution is 0.590. The first-order valence-corrected chi connectivity index (χ1v) is 32.4. The van der Waals surface area contributed by atoms with Crippen molar-refractivity contribution in [2.45, 2.75) is 26.2 Å². The Morgan fingerprint density at radius 3 is 1.13 bits per heavy atom. The van der Waals surface area contributed by atoms with Gasteiger partial charge in [0.15, 0.2) is 0 Å².